The largest absolute Gasteiger partial charge is 0.354 e. The van der Waals surface area contributed by atoms with Crippen LogP contribution in [0, 0.1) is 13.8 Å². The molecule has 0 heterocycles. The zero-order valence-corrected chi connectivity index (χ0v) is 14.5. The molecule has 2 amide bonds. The van der Waals surface area contributed by atoms with Gasteiger partial charge in [0.25, 0.3) is 0 Å². The molecule has 0 atom stereocenters. The summed E-state index contributed by atoms with van der Waals surface area (Å²) in [5, 5.41) is 2.88. The third-order valence-electron chi connectivity index (χ3n) is 4.05. The molecular weight excluding hydrogens is 300 g/mol. The fourth-order valence-electron chi connectivity index (χ4n) is 2.51. The van der Waals surface area contributed by atoms with Crippen LogP contribution in [0.3, 0.4) is 0 Å². The molecule has 4 nitrogen and oxygen atoms in total. The molecule has 4 heteroatoms. The highest BCUT2D eigenvalue weighted by Crippen LogP contribution is 2.18. The van der Waals surface area contributed by atoms with Crippen molar-refractivity contribution in [1.82, 2.24) is 5.32 Å². The molecule has 0 unspecified atom stereocenters. The van der Waals surface area contributed by atoms with Crippen molar-refractivity contribution in [1.29, 1.82) is 0 Å². The summed E-state index contributed by atoms with van der Waals surface area (Å²) in [6, 6.07) is 15.6. The summed E-state index contributed by atoms with van der Waals surface area (Å²) in [6.07, 6.45) is 0.352. The standard InChI is InChI=1S/C20H24N2O2/c1-15-9-10-19(13-16(15)2)22(17(3)23)12-11-21-20(24)14-18-7-5-4-6-8-18/h4-10,13H,11-12,14H2,1-3H3,(H,21,24). The fourth-order valence-corrected chi connectivity index (χ4v) is 2.51. The molecule has 0 aliphatic carbocycles. The van der Waals surface area contributed by atoms with Gasteiger partial charge in [0.1, 0.15) is 0 Å². The van der Waals surface area contributed by atoms with E-state index in [-0.39, 0.29) is 11.8 Å². The number of aryl methyl sites for hydroxylation is 2. The summed E-state index contributed by atoms with van der Waals surface area (Å²) < 4.78 is 0. The van der Waals surface area contributed by atoms with E-state index in [9.17, 15) is 9.59 Å². The second kappa shape index (κ2) is 8.29. The predicted molar refractivity (Wildman–Crippen MR) is 97.1 cm³/mol. The lowest BCUT2D eigenvalue weighted by Gasteiger charge is -2.22. The van der Waals surface area contributed by atoms with Gasteiger partial charge in [-0.1, -0.05) is 36.4 Å². The lowest BCUT2D eigenvalue weighted by atomic mass is 10.1. The minimum Gasteiger partial charge on any atom is -0.354 e. The van der Waals surface area contributed by atoms with Crippen molar-refractivity contribution in [2.24, 2.45) is 0 Å². The summed E-state index contributed by atoms with van der Waals surface area (Å²) in [4.78, 5) is 25.6. The number of nitrogens with one attached hydrogen (secondary N) is 1. The summed E-state index contributed by atoms with van der Waals surface area (Å²) in [6.45, 7) is 6.50. The summed E-state index contributed by atoms with van der Waals surface area (Å²) in [5.41, 5.74) is 4.18. The third-order valence-corrected chi connectivity index (χ3v) is 4.05. The van der Waals surface area contributed by atoms with Gasteiger partial charge in [-0.3, -0.25) is 9.59 Å². The van der Waals surface area contributed by atoms with E-state index in [0.29, 0.717) is 19.5 Å². The third kappa shape index (κ3) is 4.95. The highest BCUT2D eigenvalue weighted by Gasteiger charge is 2.12. The van der Waals surface area contributed by atoms with Gasteiger partial charge in [0, 0.05) is 25.7 Å². The van der Waals surface area contributed by atoms with Crippen LogP contribution in [0.25, 0.3) is 0 Å². The topological polar surface area (TPSA) is 49.4 Å². The molecule has 2 aromatic carbocycles. The molecule has 2 rings (SSSR count). The molecule has 0 saturated heterocycles. The van der Waals surface area contributed by atoms with E-state index >= 15 is 0 Å². The first-order valence-electron chi connectivity index (χ1n) is 8.13. The van der Waals surface area contributed by atoms with Crippen LogP contribution in [0.5, 0.6) is 0 Å². The summed E-state index contributed by atoms with van der Waals surface area (Å²) in [5.74, 6) is -0.0691. The molecule has 24 heavy (non-hydrogen) atoms. The van der Waals surface area contributed by atoms with Crippen molar-refractivity contribution in [2.75, 3.05) is 18.0 Å². The van der Waals surface area contributed by atoms with Crippen molar-refractivity contribution < 1.29 is 9.59 Å². The molecule has 0 aromatic heterocycles. The van der Waals surface area contributed by atoms with Crippen molar-refractivity contribution in [3.05, 3.63) is 65.2 Å². The van der Waals surface area contributed by atoms with E-state index in [1.165, 1.54) is 5.56 Å². The zero-order valence-electron chi connectivity index (χ0n) is 14.5. The average Bonchev–Trinajstić information content (AvgIpc) is 2.55. The van der Waals surface area contributed by atoms with Crippen LogP contribution in [0.1, 0.15) is 23.6 Å². The first kappa shape index (κ1) is 17.7. The minimum absolute atomic E-state index is 0.0319. The van der Waals surface area contributed by atoms with Crippen molar-refractivity contribution in [2.45, 2.75) is 27.2 Å². The number of carbonyl (C=O) groups excluding carboxylic acids is 2. The molecule has 0 aliphatic rings. The van der Waals surface area contributed by atoms with Crippen LogP contribution in [-0.2, 0) is 16.0 Å². The number of carbonyl (C=O) groups is 2. The fraction of sp³-hybridized carbons (Fsp3) is 0.300. The van der Waals surface area contributed by atoms with E-state index in [0.717, 1.165) is 16.8 Å². The van der Waals surface area contributed by atoms with E-state index in [1.807, 2.05) is 62.4 Å². The van der Waals surface area contributed by atoms with Gasteiger partial charge in [-0.15, -0.1) is 0 Å². The monoisotopic (exact) mass is 324 g/mol. The quantitative estimate of drug-likeness (QED) is 0.888. The van der Waals surface area contributed by atoms with E-state index in [1.54, 1.807) is 11.8 Å². The number of amides is 2. The van der Waals surface area contributed by atoms with Crippen LogP contribution in [0.2, 0.25) is 0 Å². The second-order valence-electron chi connectivity index (χ2n) is 5.95. The smallest absolute Gasteiger partial charge is 0.224 e. The molecule has 1 N–H and O–H groups in total. The van der Waals surface area contributed by atoms with Gasteiger partial charge in [-0.05, 0) is 42.7 Å². The van der Waals surface area contributed by atoms with Gasteiger partial charge in [0.15, 0.2) is 0 Å². The molecule has 0 saturated carbocycles. The van der Waals surface area contributed by atoms with Crippen molar-refractivity contribution in [3.8, 4) is 0 Å². The molecule has 0 aliphatic heterocycles. The average molecular weight is 324 g/mol. The number of rotatable bonds is 6. The number of hydrogen-bond donors (Lipinski definition) is 1. The lowest BCUT2D eigenvalue weighted by Crippen LogP contribution is -2.38. The molecule has 2 aromatic rings. The number of hydrogen-bond acceptors (Lipinski definition) is 2. The highest BCUT2D eigenvalue weighted by molar-refractivity contribution is 5.91. The SMILES string of the molecule is CC(=O)N(CCNC(=O)Cc1ccccc1)c1ccc(C)c(C)c1. The molecular formula is C20H24N2O2. The van der Waals surface area contributed by atoms with Crippen LogP contribution in [-0.4, -0.2) is 24.9 Å². The Balaban J connectivity index is 1.91. The van der Waals surface area contributed by atoms with E-state index in [2.05, 4.69) is 5.32 Å². The zero-order chi connectivity index (χ0) is 17.5. The van der Waals surface area contributed by atoms with Gasteiger partial charge in [-0.2, -0.15) is 0 Å². The van der Waals surface area contributed by atoms with Gasteiger partial charge in [-0.25, -0.2) is 0 Å². The van der Waals surface area contributed by atoms with Crippen molar-refractivity contribution in [3.63, 3.8) is 0 Å². The van der Waals surface area contributed by atoms with Crippen LogP contribution >= 0.6 is 0 Å². The maximum Gasteiger partial charge on any atom is 0.224 e. The molecule has 126 valence electrons. The van der Waals surface area contributed by atoms with Crippen LogP contribution in [0.4, 0.5) is 5.69 Å². The van der Waals surface area contributed by atoms with Crippen LogP contribution < -0.4 is 10.2 Å². The molecule has 0 fully saturated rings. The lowest BCUT2D eigenvalue weighted by molar-refractivity contribution is -0.121. The highest BCUT2D eigenvalue weighted by atomic mass is 16.2. The number of anilines is 1. The van der Waals surface area contributed by atoms with Gasteiger partial charge in [0.05, 0.1) is 6.42 Å². The van der Waals surface area contributed by atoms with E-state index < -0.39 is 0 Å². The minimum atomic E-state index is -0.0372. The van der Waals surface area contributed by atoms with Gasteiger partial charge in [0.2, 0.25) is 11.8 Å². The van der Waals surface area contributed by atoms with Gasteiger partial charge >= 0.3 is 0 Å². The summed E-state index contributed by atoms with van der Waals surface area (Å²) in [7, 11) is 0. The Morgan fingerprint density at radius 1 is 1.00 bits per heavy atom. The maximum absolute atomic E-state index is 12.0. The summed E-state index contributed by atoms with van der Waals surface area (Å²) >= 11 is 0. The Bertz CT molecular complexity index is 711. The Morgan fingerprint density at radius 2 is 1.71 bits per heavy atom. The first-order valence-corrected chi connectivity index (χ1v) is 8.13. The molecule has 0 radical (unpaired) electrons. The Kier molecular flexibility index (Phi) is 6.13. The molecule has 0 bridgehead atoms. The Morgan fingerprint density at radius 3 is 2.33 bits per heavy atom. The van der Waals surface area contributed by atoms with Gasteiger partial charge < -0.3 is 10.2 Å². The van der Waals surface area contributed by atoms with Crippen molar-refractivity contribution >= 4 is 17.5 Å². The van der Waals surface area contributed by atoms with Crippen LogP contribution in [0.15, 0.2) is 48.5 Å². The van der Waals surface area contributed by atoms with E-state index in [4.69, 9.17) is 0 Å². The number of nitrogens with zero attached hydrogens (tertiary/aromatic N) is 1. The normalized spacial score (nSPS) is 10.3. The Labute approximate surface area is 143 Å². The predicted octanol–water partition coefficient (Wildman–Crippen LogP) is 3.02. The Hall–Kier alpha value is -2.62. The molecule has 0 spiro atoms. The second-order valence-corrected chi connectivity index (χ2v) is 5.95. The maximum atomic E-state index is 12.0. The first-order chi connectivity index (χ1) is 11.5. The number of benzene rings is 2.